The van der Waals surface area contributed by atoms with Gasteiger partial charge in [-0.2, -0.15) is 0 Å². The molecule has 0 saturated carbocycles. The van der Waals surface area contributed by atoms with Gasteiger partial charge in [-0.05, 0) is 24.3 Å². The number of nitrogens with zero attached hydrogens (tertiary/aromatic N) is 2. The zero-order valence-electron chi connectivity index (χ0n) is 14.3. The summed E-state index contributed by atoms with van der Waals surface area (Å²) in [6, 6.07) is 9.42. The maximum Gasteiger partial charge on any atom is 0.336 e. The molecule has 6 N–H and O–H groups in total. The summed E-state index contributed by atoms with van der Waals surface area (Å²) in [5, 5.41) is 33.8. The van der Waals surface area contributed by atoms with Gasteiger partial charge in [0.15, 0.2) is 5.60 Å². The quantitative estimate of drug-likeness (QED) is 0.403. The molecule has 0 spiro atoms. The van der Waals surface area contributed by atoms with Crippen LogP contribution >= 0.6 is 12.2 Å². The highest BCUT2D eigenvalue weighted by Gasteiger charge is 2.40. The maximum absolute atomic E-state index is 10.3. The molecule has 2 aromatic rings. The number of carboxylic acid groups (broad SMARTS) is 3. The Morgan fingerprint density at radius 3 is 1.96 bits per heavy atom. The summed E-state index contributed by atoms with van der Waals surface area (Å²) in [7, 11) is 0. The van der Waals surface area contributed by atoms with Crippen LogP contribution in [0.4, 0.5) is 0 Å². The summed E-state index contributed by atoms with van der Waals surface area (Å²) in [6.07, 6.45) is 1.11. The van der Waals surface area contributed by atoms with Crippen LogP contribution in [0.2, 0.25) is 0 Å². The molecule has 0 aliphatic heterocycles. The SMILES string of the molecule is NC(=S)c1ncccc1-c1ccccn1.O=C(O)CC(O)(CC(=O)O)C(=O)O. The van der Waals surface area contributed by atoms with E-state index in [2.05, 4.69) is 9.97 Å². The lowest BCUT2D eigenvalue weighted by Crippen LogP contribution is -2.42. The average Bonchev–Trinajstić information content (AvgIpc) is 2.61. The first kappa shape index (κ1) is 22.6. The minimum absolute atomic E-state index is 0.288. The summed E-state index contributed by atoms with van der Waals surface area (Å²) >= 11 is 4.94. The van der Waals surface area contributed by atoms with Crippen LogP contribution in [0, 0.1) is 0 Å². The van der Waals surface area contributed by atoms with Gasteiger partial charge in [0.2, 0.25) is 0 Å². The van der Waals surface area contributed by atoms with Crippen LogP contribution < -0.4 is 5.73 Å². The third-order valence-corrected chi connectivity index (χ3v) is 3.46. The van der Waals surface area contributed by atoms with Gasteiger partial charge in [0, 0.05) is 18.0 Å². The molecule has 0 atom stereocenters. The number of aliphatic hydroxyl groups is 1. The molecule has 0 amide bonds. The lowest BCUT2D eigenvalue weighted by Gasteiger charge is -2.18. The van der Waals surface area contributed by atoms with Crippen molar-refractivity contribution in [2.75, 3.05) is 0 Å². The van der Waals surface area contributed by atoms with Crippen LogP contribution in [0.3, 0.4) is 0 Å². The van der Waals surface area contributed by atoms with Gasteiger partial charge in [-0.25, -0.2) is 4.79 Å². The standard InChI is InChI=1S/C11H9N3S.C6H8O7/c12-11(15)10-8(4-3-7-14-10)9-5-1-2-6-13-9;7-3(8)1-6(13,5(11)12)2-4(9)10/h1-7H,(H2,12,15);13H,1-2H2,(H,7,8)(H,9,10)(H,11,12). The van der Waals surface area contributed by atoms with E-state index in [9.17, 15) is 14.4 Å². The van der Waals surface area contributed by atoms with Gasteiger partial charge in [0.05, 0.1) is 18.5 Å². The van der Waals surface area contributed by atoms with E-state index in [0.717, 1.165) is 11.3 Å². The summed E-state index contributed by atoms with van der Waals surface area (Å²) in [5.74, 6) is -5.02. The van der Waals surface area contributed by atoms with E-state index in [0.29, 0.717) is 5.69 Å². The predicted molar refractivity (Wildman–Crippen MR) is 100 cm³/mol. The molecule has 2 aromatic heterocycles. The molecule has 10 nitrogen and oxygen atoms in total. The van der Waals surface area contributed by atoms with Crippen molar-refractivity contribution >= 4 is 35.1 Å². The van der Waals surface area contributed by atoms with Crippen LogP contribution in [-0.4, -0.2) is 58.9 Å². The van der Waals surface area contributed by atoms with Crippen molar-refractivity contribution < 1.29 is 34.8 Å². The number of carboxylic acids is 3. The first-order chi connectivity index (χ1) is 13.1. The molecule has 0 fully saturated rings. The van der Waals surface area contributed by atoms with Gasteiger partial charge in [-0.15, -0.1) is 0 Å². The number of thiocarbonyl (C=S) groups is 1. The fraction of sp³-hybridized carbons (Fsp3) is 0.176. The third kappa shape index (κ3) is 6.70. The summed E-state index contributed by atoms with van der Waals surface area (Å²) in [6.45, 7) is 0. The molecule has 11 heteroatoms. The molecule has 148 valence electrons. The van der Waals surface area contributed by atoms with Crippen molar-refractivity contribution in [1.82, 2.24) is 9.97 Å². The van der Waals surface area contributed by atoms with Gasteiger partial charge in [0.25, 0.3) is 0 Å². The Labute approximate surface area is 164 Å². The summed E-state index contributed by atoms with van der Waals surface area (Å²) < 4.78 is 0. The zero-order chi connectivity index (χ0) is 21.3. The minimum Gasteiger partial charge on any atom is -0.481 e. The fourth-order valence-corrected chi connectivity index (χ4v) is 2.21. The predicted octanol–water partition coefficient (Wildman–Crippen LogP) is 0.529. The van der Waals surface area contributed by atoms with Gasteiger partial charge in [0.1, 0.15) is 10.7 Å². The Kier molecular flexibility index (Phi) is 8.10. The molecular weight excluding hydrogens is 390 g/mol. The van der Waals surface area contributed by atoms with Crippen molar-refractivity contribution in [2.24, 2.45) is 5.73 Å². The number of pyridine rings is 2. The van der Waals surface area contributed by atoms with Crippen molar-refractivity contribution in [2.45, 2.75) is 18.4 Å². The fourth-order valence-electron chi connectivity index (χ4n) is 2.04. The first-order valence-corrected chi connectivity index (χ1v) is 8.03. The largest absolute Gasteiger partial charge is 0.481 e. The van der Waals surface area contributed by atoms with Gasteiger partial charge in [-0.1, -0.05) is 18.3 Å². The van der Waals surface area contributed by atoms with Crippen LogP contribution in [0.1, 0.15) is 18.5 Å². The van der Waals surface area contributed by atoms with E-state index in [1.54, 1.807) is 12.4 Å². The zero-order valence-corrected chi connectivity index (χ0v) is 15.2. The van der Waals surface area contributed by atoms with E-state index < -0.39 is 36.4 Å². The molecule has 0 radical (unpaired) electrons. The Bertz CT molecular complexity index is 858. The van der Waals surface area contributed by atoms with E-state index in [1.165, 1.54) is 0 Å². The molecule has 0 unspecified atom stereocenters. The molecule has 28 heavy (non-hydrogen) atoms. The second-order valence-electron chi connectivity index (χ2n) is 5.46. The van der Waals surface area contributed by atoms with Gasteiger partial charge >= 0.3 is 17.9 Å². The summed E-state index contributed by atoms with van der Waals surface area (Å²) in [5.41, 5.74) is 5.17. The van der Waals surface area contributed by atoms with Crippen molar-refractivity contribution in [3.05, 3.63) is 48.4 Å². The first-order valence-electron chi connectivity index (χ1n) is 7.62. The Morgan fingerprint density at radius 2 is 1.54 bits per heavy atom. The highest BCUT2D eigenvalue weighted by molar-refractivity contribution is 7.80. The van der Waals surface area contributed by atoms with Gasteiger partial charge < -0.3 is 26.2 Å². The highest BCUT2D eigenvalue weighted by atomic mass is 32.1. The molecule has 0 saturated heterocycles. The van der Waals surface area contributed by atoms with E-state index in [1.807, 2.05) is 30.3 Å². The number of carbonyl (C=O) groups is 3. The number of aromatic nitrogens is 2. The minimum atomic E-state index is -2.74. The molecule has 0 aliphatic carbocycles. The monoisotopic (exact) mass is 407 g/mol. The number of rotatable bonds is 7. The lowest BCUT2D eigenvalue weighted by atomic mass is 9.96. The normalized spacial score (nSPS) is 10.3. The molecule has 2 heterocycles. The highest BCUT2D eigenvalue weighted by Crippen LogP contribution is 2.19. The van der Waals surface area contributed by atoms with E-state index >= 15 is 0 Å². The van der Waals surface area contributed by atoms with E-state index in [4.69, 9.17) is 38.4 Å². The average molecular weight is 407 g/mol. The van der Waals surface area contributed by atoms with Crippen molar-refractivity contribution in [3.8, 4) is 11.3 Å². The number of hydrogen-bond donors (Lipinski definition) is 5. The second kappa shape index (κ2) is 10.0. The second-order valence-corrected chi connectivity index (χ2v) is 5.90. The van der Waals surface area contributed by atoms with Crippen molar-refractivity contribution in [1.29, 1.82) is 0 Å². The Balaban J connectivity index is 0.000000284. The molecule has 2 rings (SSSR count). The van der Waals surface area contributed by atoms with Crippen LogP contribution in [0.25, 0.3) is 11.3 Å². The Morgan fingerprint density at radius 1 is 0.964 bits per heavy atom. The number of aliphatic carboxylic acids is 3. The third-order valence-electron chi connectivity index (χ3n) is 3.27. The molecular formula is C17H17N3O7S. The molecule has 0 bridgehead atoms. The van der Waals surface area contributed by atoms with Crippen molar-refractivity contribution in [3.63, 3.8) is 0 Å². The lowest BCUT2D eigenvalue weighted by molar-refractivity contribution is -0.170. The van der Waals surface area contributed by atoms with E-state index in [-0.39, 0.29) is 4.99 Å². The molecule has 0 aromatic carbocycles. The smallest absolute Gasteiger partial charge is 0.336 e. The maximum atomic E-state index is 10.3. The van der Waals surface area contributed by atoms with Crippen LogP contribution in [-0.2, 0) is 14.4 Å². The van der Waals surface area contributed by atoms with Gasteiger partial charge in [-0.3, -0.25) is 19.6 Å². The number of hydrogen-bond acceptors (Lipinski definition) is 7. The van der Waals surface area contributed by atoms with Crippen LogP contribution in [0.15, 0.2) is 42.7 Å². The topological polar surface area (TPSA) is 184 Å². The summed E-state index contributed by atoms with van der Waals surface area (Å²) in [4.78, 5) is 39.2. The van der Waals surface area contributed by atoms with Crippen LogP contribution in [0.5, 0.6) is 0 Å². The Hall–Kier alpha value is -3.44. The number of nitrogens with two attached hydrogens (primary N) is 1. The molecule has 0 aliphatic rings.